The van der Waals surface area contributed by atoms with Gasteiger partial charge in [-0.15, -0.1) is 0 Å². The Balaban J connectivity index is 1.96. The molecule has 3 rings (SSSR count). The number of amidine groups is 1. The van der Waals surface area contributed by atoms with Gasteiger partial charge in [0, 0.05) is 17.7 Å². The lowest BCUT2D eigenvalue weighted by Gasteiger charge is -2.24. The predicted octanol–water partition coefficient (Wildman–Crippen LogP) is 1.43. The Morgan fingerprint density at radius 3 is 2.65 bits per heavy atom. The maximum atomic E-state index is 14.3. The van der Waals surface area contributed by atoms with Gasteiger partial charge in [0.2, 0.25) is 5.91 Å². The van der Waals surface area contributed by atoms with Gasteiger partial charge in [0.25, 0.3) is 0 Å². The summed E-state index contributed by atoms with van der Waals surface area (Å²) in [6, 6.07) is 2.23. The number of carboxylic acid groups (broad SMARTS) is 1. The summed E-state index contributed by atoms with van der Waals surface area (Å²) >= 11 is 1.03. The monoisotopic (exact) mass is 404 g/mol. The van der Waals surface area contributed by atoms with Crippen LogP contribution in [0.2, 0.25) is 0 Å². The van der Waals surface area contributed by atoms with Crippen LogP contribution in [-0.2, 0) is 19.4 Å². The van der Waals surface area contributed by atoms with Crippen molar-refractivity contribution in [1.82, 2.24) is 0 Å². The van der Waals surface area contributed by atoms with E-state index in [2.05, 4.69) is 4.99 Å². The highest BCUT2D eigenvalue weighted by molar-refractivity contribution is 8.16. The summed E-state index contributed by atoms with van der Waals surface area (Å²) in [6.07, 6.45) is -0.723. The Morgan fingerprint density at radius 2 is 2.00 bits per heavy atom. The van der Waals surface area contributed by atoms with Gasteiger partial charge >= 0.3 is 5.97 Å². The van der Waals surface area contributed by atoms with Crippen molar-refractivity contribution < 1.29 is 31.9 Å². The first kappa shape index (κ1) is 18.8. The third kappa shape index (κ3) is 3.88. The van der Waals surface area contributed by atoms with E-state index in [1.807, 2.05) is 0 Å². The minimum Gasteiger partial charge on any atom is -0.481 e. The highest BCUT2D eigenvalue weighted by Gasteiger charge is 2.50. The number of thioether (sulfide) groups is 1. The van der Waals surface area contributed by atoms with Crippen molar-refractivity contribution in [3.8, 4) is 0 Å². The van der Waals surface area contributed by atoms with Crippen LogP contribution >= 0.6 is 11.8 Å². The number of rotatable bonds is 4. The summed E-state index contributed by atoms with van der Waals surface area (Å²) in [5.74, 6) is -3.91. The number of carbonyl (C=O) groups excluding carboxylic acids is 1. The van der Waals surface area contributed by atoms with E-state index in [0.717, 1.165) is 23.9 Å². The Labute approximate surface area is 152 Å². The topological polar surface area (TPSA) is 104 Å². The summed E-state index contributed by atoms with van der Waals surface area (Å²) < 4.78 is 51.3. The Kier molecular flexibility index (Phi) is 5.02. The fraction of sp³-hybridized carbons (Fsp3) is 0.400. The normalized spacial score (nSPS) is 25.5. The van der Waals surface area contributed by atoms with Crippen molar-refractivity contribution in [2.45, 2.75) is 24.1 Å². The van der Waals surface area contributed by atoms with Gasteiger partial charge in [-0.2, -0.15) is 4.99 Å². The summed E-state index contributed by atoms with van der Waals surface area (Å²) in [7, 11) is -3.32. The predicted molar refractivity (Wildman–Crippen MR) is 92.0 cm³/mol. The maximum Gasteiger partial charge on any atom is 0.303 e. The van der Waals surface area contributed by atoms with E-state index >= 15 is 0 Å². The zero-order valence-electron chi connectivity index (χ0n) is 13.3. The van der Waals surface area contributed by atoms with Gasteiger partial charge in [-0.05, 0) is 12.1 Å². The van der Waals surface area contributed by atoms with E-state index in [-0.39, 0.29) is 28.8 Å². The molecular formula is C15H14F2N2O5S2. The molecule has 1 N–H and O–H groups in total. The van der Waals surface area contributed by atoms with E-state index in [1.54, 1.807) is 0 Å². The first-order valence-corrected chi connectivity index (χ1v) is 10.3. The zero-order valence-corrected chi connectivity index (χ0v) is 14.9. The number of aliphatic imine (C=N–C) groups is 1. The fourth-order valence-corrected chi connectivity index (χ4v) is 6.82. The highest BCUT2D eigenvalue weighted by Crippen LogP contribution is 2.41. The molecule has 11 heteroatoms. The summed E-state index contributed by atoms with van der Waals surface area (Å²) in [6.45, 7) is 0. The number of carbonyl (C=O) groups is 2. The molecule has 2 fully saturated rings. The second kappa shape index (κ2) is 6.95. The molecule has 26 heavy (non-hydrogen) atoms. The fourth-order valence-electron chi connectivity index (χ4n) is 2.90. The minimum atomic E-state index is -3.32. The van der Waals surface area contributed by atoms with Crippen molar-refractivity contribution in [1.29, 1.82) is 0 Å². The van der Waals surface area contributed by atoms with Gasteiger partial charge in [0.05, 0.1) is 29.7 Å². The Morgan fingerprint density at radius 1 is 1.27 bits per heavy atom. The van der Waals surface area contributed by atoms with Crippen LogP contribution in [0.3, 0.4) is 0 Å². The number of fused-ring (bicyclic) bond motifs is 1. The molecule has 0 saturated carbocycles. The lowest BCUT2D eigenvalue weighted by Crippen LogP contribution is -2.38. The lowest BCUT2D eigenvalue weighted by atomic mass is 10.2. The minimum absolute atomic E-state index is 0.0757. The third-order valence-electron chi connectivity index (χ3n) is 4.01. The highest BCUT2D eigenvalue weighted by atomic mass is 32.2. The van der Waals surface area contributed by atoms with Crippen LogP contribution in [0.5, 0.6) is 0 Å². The molecule has 2 saturated heterocycles. The van der Waals surface area contributed by atoms with Crippen LogP contribution in [0.4, 0.5) is 14.5 Å². The second-order valence-electron chi connectivity index (χ2n) is 5.95. The third-order valence-corrected chi connectivity index (χ3v) is 7.22. The standard InChI is InChI=1S/C15H14F2N2O5S2/c16-8-1-2-10(9(17)5-8)19-11-6-26(23,24)7-12(11)25-15(19)18-13(20)3-4-14(21)22/h1-2,5,11-12H,3-4,6-7H2,(H,21,22). The van der Waals surface area contributed by atoms with Crippen LogP contribution in [0.15, 0.2) is 23.2 Å². The van der Waals surface area contributed by atoms with E-state index in [9.17, 15) is 26.8 Å². The molecule has 0 aromatic heterocycles. The zero-order chi connectivity index (χ0) is 19.1. The van der Waals surface area contributed by atoms with Crippen molar-refractivity contribution >= 4 is 44.3 Å². The van der Waals surface area contributed by atoms with Gasteiger partial charge in [-0.3, -0.25) is 9.59 Å². The van der Waals surface area contributed by atoms with Crippen molar-refractivity contribution in [2.24, 2.45) is 4.99 Å². The average Bonchev–Trinajstić information content (AvgIpc) is 2.97. The smallest absolute Gasteiger partial charge is 0.303 e. The molecule has 2 aliphatic rings. The molecule has 140 valence electrons. The van der Waals surface area contributed by atoms with Gasteiger partial charge in [0.15, 0.2) is 15.0 Å². The van der Waals surface area contributed by atoms with Crippen LogP contribution in [0.25, 0.3) is 0 Å². The molecule has 7 nitrogen and oxygen atoms in total. The van der Waals surface area contributed by atoms with E-state index < -0.39 is 51.1 Å². The molecule has 2 aliphatic heterocycles. The van der Waals surface area contributed by atoms with Gasteiger partial charge in [0.1, 0.15) is 11.6 Å². The number of benzene rings is 1. The van der Waals surface area contributed by atoms with Gasteiger partial charge in [-0.1, -0.05) is 11.8 Å². The van der Waals surface area contributed by atoms with E-state index in [0.29, 0.717) is 6.07 Å². The maximum absolute atomic E-state index is 14.3. The van der Waals surface area contributed by atoms with Gasteiger partial charge in [-0.25, -0.2) is 17.2 Å². The first-order chi connectivity index (χ1) is 12.2. The molecule has 2 unspecified atom stereocenters. The largest absolute Gasteiger partial charge is 0.481 e. The average molecular weight is 404 g/mol. The Bertz CT molecular complexity index is 903. The number of hydrogen-bond acceptors (Lipinski definition) is 5. The number of carboxylic acids is 1. The number of anilines is 1. The molecule has 0 bridgehead atoms. The number of amides is 1. The lowest BCUT2D eigenvalue weighted by molar-refractivity contribution is -0.138. The van der Waals surface area contributed by atoms with Crippen molar-refractivity contribution in [2.75, 3.05) is 16.4 Å². The van der Waals surface area contributed by atoms with E-state index in [4.69, 9.17) is 5.11 Å². The quantitative estimate of drug-likeness (QED) is 0.810. The Hall–Kier alpha value is -2.01. The molecule has 1 amide bonds. The summed E-state index contributed by atoms with van der Waals surface area (Å²) in [5, 5.41) is 8.30. The van der Waals surface area contributed by atoms with Crippen molar-refractivity contribution in [3.63, 3.8) is 0 Å². The summed E-state index contributed by atoms with van der Waals surface area (Å²) in [5.41, 5.74) is -0.0757. The number of aliphatic carboxylic acids is 1. The SMILES string of the molecule is O=C(O)CCC(=O)N=C1SC2CS(=O)(=O)CC2N1c1ccc(F)cc1F. The first-order valence-electron chi connectivity index (χ1n) is 7.61. The van der Waals surface area contributed by atoms with Crippen molar-refractivity contribution in [3.05, 3.63) is 29.8 Å². The summed E-state index contributed by atoms with van der Waals surface area (Å²) in [4.78, 5) is 27.6. The number of hydrogen-bond donors (Lipinski definition) is 1. The van der Waals surface area contributed by atoms with Gasteiger partial charge < -0.3 is 10.0 Å². The number of halogens is 2. The van der Waals surface area contributed by atoms with Crippen LogP contribution in [0.1, 0.15) is 12.8 Å². The molecular weight excluding hydrogens is 390 g/mol. The molecule has 2 atom stereocenters. The molecule has 0 radical (unpaired) electrons. The molecule has 2 heterocycles. The second-order valence-corrected chi connectivity index (χ2v) is 9.31. The van der Waals surface area contributed by atoms with Crippen LogP contribution in [-0.4, -0.2) is 53.4 Å². The number of nitrogens with zero attached hydrogens (tertiary/aromatic N) is 2. The number of sulfone groups is 1. The van der Waals surface area contributed by atoms with Crippen LogP contribution in [0, 0.1) is 11.6 Å². The molecule has 0 spiro atoms. The van der Waals surface area contributed by atoms with E-state index in [1.165, 1.54) is 4.90 Å². The molecule has 0 aliphatic carbocycles. The molecule has 1 aromatic carbocycles. The van der Waals surface area contributed by atoms with Crippen LogP contribution < -0.4 is 4.90 Å². The molecule has 1 aromatic rings.